The Morgan fingerprint density at radius 3 is 2.60 bits per heavy atom. The quantitative estimate of drug-likeness (QED) is 0.337. The van der Waals surface area contributed by atoms with Gasteiger partial charge in [-0.25, -0.2) is 4.79 Å². The van der Waals surface area contributed by atoms with Crippen LogP contribution in [0.5, 0.6) is 5.75 Å². The van der Waals surface area contributed by atoms with E-state index in [9.17, 15) is 19.8 Å². The fourth-order valence-corrected chi connectivity index (χ4v) is 5.28. The zero-order chi connectivity index (χ0) is 24.7. The molecular formula is C26H24N4O4S. The molecule has 0 bridgehead atoms. The minimum atomic E-state index is -1.02. The minimum Gasteiger partial charge on any atom is -0.505 e. The number of hydrazone groups is 2. The number of carboxylic acid groups (broad SMARTS) is 1. The molecule has 0 unspecified atom stereocenters. The predicted molar refractivity (Wildman–Crippen MR) is 138 cm³/mol. The van der Waals surface area contributed by atoms with Gasteiger partial charge in [0, 0.05) is 10.4 Å². The molecule has 9 heteroatoms. The molecule has 35 heavy (non-hydrogen) atoms. The molecule has 0 radical (unpaired) electrons. The van der Waals surface area contributed by atoms with E-state index in [-0.39, 0.29) is 22.2 Å². The molecule has 1 amide bonds. The summed E-state index contributed by atoms with van der Waals surface area (Å²) in [5.74, 6) is -1.44. The van der Waals surface area contributed by atoms with Crippen LogP contribution < -0.4 is 10.4 Å². The number of amides is 1. The molecule has 1 aliphatic carbocycles. The van der Waals surface area contributed by atoms with E-state index in [2.05, 4.69) is 21.7 Å². The normalized spacial score (nSPS) is 16.4. The lowest BCUT2D eigenvalue weighted by Crippen LogP contribution is -2.28. The first kappa shape index (κ1) is 22.8. The topological polar surface area (TPSA) is 115 Å². The zero-order valence-electron chi connectivity index (χ0n) is 19.3. The number of carbonyl (C=O) groups is 2. The number of nitrogens with zero attached hydrogens (tertiary/aromatic N) is 3. The summed E-state index contributed by atoms with van der Waals surface area (Å²) in [7, 11) is 0. The van der Waals surface area contributed by atoms with E-state index in [1.54, 1.807) is 25.1 Å². The summed E-state index contributed by atoms with van der Waals surface area (Å²) in [5.41, 5.74) is 8.39. The highest BCUT2D eigenvalue weighted by atomic mass is 32.1. The van der Waals surface area contributed by atoms with Crippen LogP contribution in [-0.4, -0.2) is 33.5 Å². The molecule has 8 nitrogen and oxygen atoms in total. The Hall–Kier alpha value is -3.98. The maximum Gasteiger partial charge on any atom is 0.345 e. The second-order valence-corrected chi connectivity index (χ2v) is 9.80. The van der Waals surface area contributed by atoms with Gasteiger partial charge in [0.1, 0.15) is 10.6 Å². The first-order valence-corrected chi connectivity index (χ1v) is 12.2. The number of benzene rings is 2. The standard InChI is InChI=1S/C26H24N4O4S/c1-14-11-19(21-9-10-22(35-21)26(33)34)24(31)20(12-14)27-28-23-15(2)29-30(25(23)32)18-8-7-16-5-3-4-6-17(16)13-18/h7-13,27,31H,3-6H2,1-2H3,(H,33,34)/b28-23-. The van der Waals surface area contributed by atoms with Crippen molar-refractivity contribution in [2.45, 2.75) is 39.5 Å². The molecule has 0 fully saturated rings. The van der Waals surface area contributed by atoms with E-state index in [1.807, 2.05) is 19.1 Å². The predicted octanol–water partition coefficient (Wildman–Crippen LogP) is 5.20. The van der Waals surface area contributed by atoms with E-state index >= 15 is 0 Å². The van der Waals surface area contributed by atoms with Crippen molar-refractivity contribution in [3.05, 3.63) is 64.0 Å². The van der Waals surface area contributed by atoms with Crippen molar-refractivity contribution >= 4 is 46.0 Å². The maximum atomic E-state index is 13.1. The Kier molecular flexibility index (Phi) is 5.86. The largest absolute Gasteiger partial charge is 0.505 e. The molecule has 3 N–H and O–H groups in total. The van der Waals surface area contributed by atoms with Gasteiger partial charge in [-0.1, -0.05) is 6.07 Å². The zero-order valence-corrected chi connectivity index (χ0v) is 20.1. The molecule has 0 saturated carbocycles. The summed E-state index contributed by atoms with van der Waals surface area (Å²) >= 11 is 1.07. The molecular weight excluding hydrogens is 464 g/mol. The third kappa shape index (κ3) is 4.30. The molecule has 2 aliphatic rings. The fourth-order valence-electron chi connectivity index (χ4n) is 4.42. The van der Waals surface area contributed by atoms with Crippen molar-refractivity contribution < 1.29 is 19.8 Å². The minimum absolute atomic E-state index is 0.0784. The number of rotatable bonds is 5. The first-order chi connectivity index (χ1) is 16.8. The molecule has 2 aromatic carbocycles. The van der Waals surface area contributed by atoms with Gasteiger partial charge in [0.15, 0.2) is 5.71 Å². The summed E-state index contributed by atoms with van der Waals surface area (Å²) in [6.45, 7) is 3.58. The Morgan fingerprint density at radius 1 is 1.09 bits per heavy atom. The highest BCUT2D eigenvalue weighted by molar-refractivity contribution is 7.17. The number of hydrogen-bond donors (Lipinski definition) is 3. The number of carboxylic acids is 1. The molecule has 3 aromatic rings. The number of anilines is 2. The fraction of sp³-hybridized carbons (Fsp3) is 0.231. The number of thiophene rings is 1. The second kappa shape index (κ2) is 8.99. The van der Waals surface area contributed by atoms with Gasteiger partial charge in [-0.05, 0) is 92.6 Å². The highest BCUT2D eigenvalue weighted by Crippen LogP contribution is 2.40. The van der Waals surface area contributed by atoms with Crippen LogP contribution in [0.2, 0.25) is 0 Å². The van der Waals surface area contributed by atoms with Crippen LogP contribution in [-0.2, 0) is 17.6 Å². The van der Waals surface area contributed by atoms with E-state index in [4.69, 9.17) is 0 Å². The SMILES string of the molecule is CC1=NN(c2ccc3c(c2)CCCC3)C(=O)/C1=N\Nc1cc(C)cc(-c2ccc(C(=O)O)s2)c1O. The summed E-state index contributed by atoms with van der Waals surface area (Å²) < 4.78 is 0. The van der Waals surface area contributed by atoms with Crippen LogP contribution in [0.25, 0.3) is 10.4 Å². The van der Waals surface area contributed by atoms with Crippen LogP contribution in [0.4, 0.5) is 11.4 Å². The second-order valence-electron chi connectivity index (χ2n) is 8.71. The van der Waals surface area contributed by atoms with Gasteiger partial charge in [-0.3, -0.25) is 10.2 Å². The molecule has 1 aromatic heterocycles. The lowest BCUT2D eigenvalue weighted by atomic mass is 9.91. The van der Waals surface area contributed by atoms with Crippen molar-refractivity contribution in [1.29, 1.82) is 0 Å². The van der Waals surface area contributed by atoms with Crippen molar-refractivity contribution in [1.82, 2.24) is 0 Å². The monoisotopic (exact) mass is 488 g/mol. The molecule has 5 rings (SSSR count). The Bertz CT molecular complexity index is 1420. The number of fused-ring (bicyclic) bond motifs is 1. The number of nitrogens with one attached hydrogen (secondary N) is 1. The molecule has 2 heterocycles. The number of phenols is 1. The van der Waals surface area contributed by atoms with Crippen LogP contribution in [0.1, 0.15) is 46.1 Å². The van der Waals surface area contributed by atoms with E-state index in [0.717, 1.165) is 36.2 Å². The van der Waals surface area contributed by atoms with E-state index < -0.39 is 5.97 Å². The van der Waals surface area contributed by atoms with Crippen LogP contribution in [0.3, 0.4) is 0 Å². The van der Waals surface area contributed by atoms with E-state index in [1.165, 1.54) is 28.6 Å². The Morgan fingerprint density at radius 2 is 1.86 bits per heavy atom. The first-order valence-electron chi connectivity index (χ1n) is 11.3. The van der Waals surface area contributed by atoms with Gasteiger partial charge < -0.3 is 10.2 Å². The summed E-state index contributed by atoms with van der Waals surface area (Å²) in [6, 6.07) is 12.7. The van der Waals surface area contributed by atoms with Crippen molar-refractivity contribution in [2.75, 3.05) is 10.4 Å². The number of phenolic OH excluding ortho intramolecular Hbond substituents is 1. The maximum absolute atomic E-state index is 13.1. The third-order valence-electron chi connectivity index (χ3n) is 6.19. The summed E-state index contributed by atoms with van der Waals surface area (Å²) in [6.07, 6.45) is 4.40. The van der Waals surface area contributed by atoms with E-state index in [0.29, 0.717) is 27.5 Å². The van der Waals surface area contributed by atoms with Crippen LogP contribution >= 0.6 is 11.3 Å². The third-order valence-corrected chi connectivity index (χ3v) is 7.30. The van der Waals surface area contributed by atoms with Gasteiger partial charge in [0.25, 0.3) is 0 Å². The summed E-state index contributed by atoms with van der Waals surface area (Å²) in [5, 5.41) is 30.1. The molecule has 0 spiro atoms. The average Bonchev–Trinajstić information content (AvgIpc) is 3.44. The molecule has 1 aliphatic heterocycles. The lowest BCUT2D eigenvalue weighted by Gasteiger charge is -2.19. The average molecular weight is 489 g/mol. The smallest absolute Gasteiger partial charge is 0.345 e. The lowest BCUT2D eigenvalue weighted by molar-refractivity contribution is -0.112. The molecule has 178 valence electrons. The summed E-state index contributed by atoms with van der Waals surface area (Å²) in [4.78, 5) is 25.2. The number of hydrogen-bond acceptors (Lipinski definition) is 7. The van der Waals surface area contributed by atoms with Crippen LogP contribution in [0, 0.1) is 6.92 Å². The number of aromatic carboxylic acids is 1. The Labute approximate surface area is 206 Å². The highest BCUT2D eigenvalue weighted by Gasteiger charge is 2.31. The van der Waals surface area contributed by atoms with Gasteiger partial charge in [0.2, 0.25) is 0 Å². The molecule has 0 saturated heterocycles. The van der Waals surface area contributed by atoms with Gasteiger partial charge in [0.05, 0.1) is 17.1 Å². The van der Waals surface area contributed by atoms with Gasteiger partial charge >= 0.3 is 11.9 Å². The van der Waals surface area contributed by atoms with Crippen molar-refractivity contribution in [3.63, 3.8) is 0 Å². The van der Waals surface area contributed by atoms with Crippen molar-refractivity contribution in [3.8, 4) is 16.2 Å². The van der Waals surface area contributed by atoms with Gasteiger partial charge in [-0.15, -0.1) is 11.3 Å². The van der Waals surface area contributed by atoms with Crippen LogP contribution in [0.15, 0.2) is 52.7 Å². The number of aryl methyl sites for hydroxylation is 3. The molecule has 0 atom stereocenters. The Balaban J connectivity index is 1.41. The number of carbonyl (C=O) groups excluding carboxylic acids is 1. The van der Waals surface area contributed by atoms with Crippen molar-refractivity contribution in [2.24, 2.45) is 10.2 Å². The number of aromatic hydroxyl groups is 1. The van der Waals surface area contributed by atoms with Gasteiger partial charge in [-0.2, -0.15) is 15.2 Å².